The van der Waals surface area contributed by atoms with Crippen LogP contribution in [0.15, 0.2) is 23.8 Å². The van der Waals surface area contributed by atoms with Crippen molar-refractivity contribution in [2.75, 3.05) is 20.6 Å². The van der Waals surface area contributed by atoms with Crippen molar-refractivity contribution >= 4 is 0 Å². The van der Waals surface area contributed by atoms with E-state index in [4.69, 9.17) is 0 Å². The monoisotopic (exact) mass is 139 g/mol. The first-order chi connectivity index (χ1) is 4.70. The van der Waals surface area contributed by atoms with Crippen LogP contribution in [0.5, 0.6) is 0 Å². The summed E-state index contributed by atoms with van der Waals surface area (Å²) in [6, 6.07) is 0. The standard InChI is InChI=1S/C9H17N/c1-5-7-9(6-2)8-10(3)4/h5-7H,8H2,1-4H3. The van der Waals surface area contributed by atoms with Crippen LogP contribution in [0.1, 0.15) is 13.8 Å². The average Bonchev–Trinajstić information content (AvgIpc) is 1.86. The summed E-state index contributed by atoms with van der Waals surface area (Å²) in [4.78, 5) is 2.16. The molecular formula is C9H17N. The molecular weight excluding hydrogens is 122 g/mol. The summed E-state index contributed by atoms with van der Waals surface area (Å²) in [5.41, 5.74) is 1.37. The Kier molecular flexibility index (Phi) is 4.95. The highest BCUT2D eigenvalue weighted by Gasteiger charge is 1.91. The van der Waals surface area contributed by atoms with Gasteiger partial charge < -0.3 is 4.90 Å². The maximum absolute atomic E-state index is 2.16. The summed E-state index contributed by atoms with van der Waals surface area (Å²) >= 11 is 0. The van der Waals surface area contributed by atoms with Gasteiger partial charge in [0.05, 0.1) is 0 Å². The molecule has 1 heteroatoms. The summed E-state index contributed by atoms with van der Waals surface area (Å²) in [5.74, 6) is 0. The van der Waals surface area contributed by atoms with Gasteiger partial charge in [-0.2, -0.15) is 0 Å². The lowest BCUT2D eigenvalue weighted by Gasteiger charge is -2.09. The third-order valence-electron chi connectivity index (χ3n) is 1.25. The van der Waals surface area contributed by atoms with Gasteiger partial charge in [0.25, 0.3) is 0 Å². The second-order valence-corrected chi connectivity index (χ2v) is 2.60. The molecule has 10 heavy (non-hydrogen) atoms. The van der Waals surface area contributed by atoms with E-state index < -0.39 is 0 Å². The Morgan fingerprint density at radius 1 is 1.30 bits per heavy atom. The summed E-state index contributed by atoms with van der Waals surface area (Å²) in [7, 11) is 4.15. The predicted molar refractivity (Wildman–Crippen MR) is 47.1 cm³/mol. The topological polar surface area (TPSA) is 3.24 Å². The van der Waals surface area contributed by atoms with Gasteiger partial charge in [-0.05, 0) is 33.5 Å². The van der Waals surface area contributed by atoms with E-state index in [9.17, 15) is 0 Å². The van der Waals surface area contributed by atoms with Crippen LogP contribution in [0.2, 0.25) is 0 Å². The van der Waals surface area contributed by atoms with E-state index in [1.807, 2.05) is 6.92 Å². The molecule has 0 saturated heterocycles. The Hall–Kier alpha value is -0.560. The van der Waals surface area contributed by atoms with Crippen molar-refractivity contribution < 1.29 is 0 Å². The number of hydrogen-bond donors (Lipinski definition) is 0. The summed E-state index contributed by atoms with van der Waals surface area (Å²) in [6.07, 6.45) is 6.35. The lowest BCUT2D eigenvalue weighted by atomic mass is 10.2. The largest absolute Gasteiger partial charge is 0.305 e. The molecule has 0 heterocycles. The number of likely N-dealkylation sites (N-methyl/N-ethyl adjacent to an activating group) is 1. The minimum absolute atomic E-state index is 1.03. The Balaban J connectivity index is 3.86. The lowest BCUT2D eigenvalue weighted by molar-refractivity contribution is 0.448. The molecule has 1 nitrogen and oxygen atoms in total. The van der Waals surface area contributed by atoms with Crippen molar-refractivity contribution in [2.24, 2.45) is 0 Å². The zero-order valence-corrected chi connectivity index (χ0v) is 7.39. The molecule has 0 N–H and O–H groups in total. The fourth-order valence-corrected chi connectivity index (χ4v) is 0.819. The Labute approximate surface area is 64.0 Å². The highest BCUT2D eigenvalue weighted by atomic mass is 15.0. The van der Waals surface area contributed by atoms with Crippen molar-refractivity contribution in [1.29, 1.82) is 0 Å². The molecule has 0 aliphatic rings. The molecule has 0 aliphatic heterocycles. The molecule has 0 bridgehead atoms. The van der Waals surface area contributed by atoms with Crippen LogP contribution < -0.4 is 0 Å². The molecule has 0 aromatic rings. The van der Waals surface area contributed by atoms with Gasteiger partial charge in [0.1, 0.15) is 0 Å². The van der Waals surface area contributed by atoms with Crippen LogP contribution in [0.3, 0.4) is 0 Å². The summed E-state index contributed by atoms with van der Waals surface area (Å²) in [6.45, 7) is 5.14. The maximum Gasteiger partial charge on any atom is 0.0224 e. The van der Waals surface area contributed by atoms with E-state index in [1.54, 1.807) is 0 Å². The van der Waals surface area contributed by atoms with Gasteiger partial charge >= 0.3 is 0 Å². The lowest BCUT2D eigenvalue weighted by Crippen LogP contribution is -2.14. The highest BCUT2D eigenvalue weighted by molar-refractivity contribution is 5.18. The Bertz CT molecular complexity index is 132. The first-order valence-electron chi connectivity index (χ1n) is 3.63. The van der Waals surface area contributed by atoms with E-state index in [-0.39, 0.29) is 0 Å². The normalized spacial score (nSPS) is 13.5. The maximum atomic E-state index is 2.16. The molecule has 0 aliphatic carbocycles. The minimum atomic E-state index is 1.03. The Morgan fingerprint density at radius 2 is 1.90 bits per heavy atom. The smallest absolute Gasteiger partial charge is 0.0224 e. The van der Waals surface area contributed by atoms with E-state index in [1.165, 1.54) is 5.57 Å². The van der Waals surface area contributed by atoms with Crippen LogP contribution in [0, 0.1) is 0 Å². The summed E-state index contributed by atoms with van der Waals surface area (Å²) in [5, 5.41) is 0. The average molecular weight is 139 g/mol. The molecule has 0 aromatic heterocycles. The first-order valence-corrected chi connectivity index (χ1v) is 3.63. The van der Waals surface area contributed by atoms with Crippen molar-refractivity contribution in [1.82, 2.24) is 4.90 Å². The van der Waals surface area contributed by atoms with E-state index in [0.29, 0.717) is 0 Å². The molecule has 0 rings (SSSR count). The van der Waals surface area contributed by atoms with Crippen LogP contribution >= 0.6 is 0 Å². The number of allylic oxidation sites excluding steroid dienone is 2. The van der Waals surface area contributed by atoms with Crippen LogP contribution in [-0.4, -0.2) is 25.5 Å². The van der Waals surface area contributed by atoms with Crippen LogP contribution in [0.25, 0.3) is 0 Å². The van der Waals surface area contributed by atoms with Crippen molar-refractivity contribution in [2.45, 2.75) is 13.8 Å². The van der Waals surface area contributed by atoms with Gasteiger partial charge in [0.2, 0.25) is 0 Å². The van der Waals surface area contributed by atoms with Crippen molar-refractivity contribution in [3.63, 3.8) is 0 Å². The third-order valence-corrected chi connectivity index (χ3v) is 1.25. The number of nitrogens with zero attached hydrogens (tertiary/aromatic N) is 1. The number of hydrogen-bond acceptors (Lipinski definition) is 1. The molecule has 0 atom stereocenters. The van der Waals surface area contributed by atoms with E-state index in [0.717, 1.165) is 6.54 Å². The molecule has 58 valence electrons. The first kappa shape index (κ1) is 9.44. The van der Waals surface area contributed by atoms with Crippen molar-refractivity contribution in [3.05, 3.63) is 23.8 Å². The molecule has 0 saturated carbocycles. The quantitative estimate of drug-likeness (QED) is 0.541. The van der Waals surface area contributed by atoms with E-state index in [2.05, 4.69) is 44.1 Å². The van der Waals surface area contributed by atoms with E-state index >= 15 is 0 Å². The van der Waals surface area contributed by atoms with Gasteiger partial charge in [-0.1, -0.05) is 18.2 Å². The van der Waals surface area contributed by atoms with Crippen LogP contribution in [-0.2, 0) is 0 Å². The molecule has 0 radical (unpaired) electrons. The molecule has 0 unspecified atom stereocenters. The van der Waals surface area contributed by atoms with Gasteiger partial charge in [-0.15, -0.1) is 0 Å². The number of rotatable bonds is 3. The Morgan fingerprint density at radius 3 is 2.20 bits per heavy atom. The fraction of sp³-hybridized carbons (Fsp3) is 0.556. The predicted octanol–water partition coefficient (Wildman–Crippen LogP) is 2.07. The van der Waals surface area contributed by atoms with Gasteiger partial charge in [0.15, 0.2) is 0 Å². The second-order valence-electron chi connectivity index (χ2n) is 2.60. The van der Waals surface area contributed by atoms with Gasteiger partial charge in [0, 0.05) is 6.54 Å². The second kappa shape index (κ2) is 5.24. The van der Waals surface area contributed by atoms with Crippen LogP contribution in [0.4, 0.5) is 0 Å². The third kappa shape index (κ3) is 4.33. The molecule has 0 spiro atoms. The van der Waals surface area contributed by atoms with Crippen molar-refractivity contribution in [3.8, 4) is 0 Å². The van der Waals surface area contributed by atoms with Gasteiger partial charge in [-0.3, -0.25) is 0 Å². The zero-order chi connectivity index (χ0) is 7.98. The fourth-order valence-electron chi connectivity index (χ4n) is 0.819. The SMILES string of the molecule is CC=CC(=CC)CN(C)C. The zero-order valence-electron chi connectivity index (χ0n) is 7.39. The molecule has 0 aromatic carbocycles. The van der Waals surface area contributed by atoms with Gasteiger partial charge in [-0.25, -0.2) is 0 Å². The molecule has 0 fully saturated rings. The highest BCUT2D eigenvalue weighted by Crippen LogP contribution is 1.97. The summed E-state index contributed by atoms with van der Waals surface area (Å²) < 4.78 is 0. The minimum Gasteiger partial charge on any atom is -0.305 e. The molecule has 0 amide bonds.